The predicted octanol–water partition coefficient (Wildman–Crippen LogP) is 0.851. The van der Waals surface area contributed by atoms with Gasteiger partial charge >= 0.3 is 0 Å². The summed E-state index contributed by atoms with van der Waals surface area (Å²) in [6.45, 7) is 6.82. The highest BCUT2D eigenvalue weighted by molar-refractivity contribution is 4.71. The average Bonchev–Trinajstić information content (AvgIpc) is 2.72. The van der Waals surface area contributed by atoms with Crippen LogP contribution >= 0.6 is 0 Å². The Balaban J connectivity index is 1.52. The van der Waals surface area contributed by atoms with Crippen molar-refractivity contribution in [2.45, 2.75) is 31.8 Å². The first kappa shape index (κ1) is 10.4. The number of likely N-dealkylation sites (tertiary alicyclic amines) is 1. The minimum absolute atomic E-state index is 0.486. The Hall–Kier alpha value is -0.120. The van der Waals surface area contributed by atoms with Crippen molar-refractivity contribution in [3.63, 3.8) is 0 Å². The molecule has 0 aromatic carbocycles. The Kier molecular flexibility index (Phi) is 4.22. The van der Waals surface area contributed by atoms with Crippen molar-refractivity contribution in [3.8, 4) is 0 Å². The molecule has 0 bridgehead atoms. The summed E-state index contributed by atoms with van der Waals surface area (Å²) in [4.78, 5) is 2.53. The first-order valence-corrected chi connectivity index (χ1v) is 6.00. The Morgan fingerprint density at radius 1 is 1.21 bits per heavy atom. The van der Waals surface area contributed by atoms with Gasteiger partial charge in [0.25, 0.3) is 0 Å². The van der Waals surface area contributed by atoms with E-state index in [1.807, 2.05) is 0 Å². The molecule has 1 N–H and O–H groups in total. The zero-order valence-corrected chi connectivity index (χ0v) is 9.00. The second-order valence-electron chi connectivity index (χ2n) is 4.39. The van der Waals surface area contributed by atoms with Crippen molar-refractivity contribution in [1.82, 2.24) is 10.2 Å². The second-order valence-corrected chi connectivity index (χ2v) is 4.39. The van der Waals surface area contributed by atoms with Crippen LogP contribution in [0.2, 0.25) is 0 Å². The standard InChI is InChI=1S/C11H22N2O/c1-2-6-13(7-3-1)8-9-14-11-4-5-12-10-11/h11-12H,1-10H2. The molecule has 0 aliphatic carbocycles. The minimum Gasteiger partial charge on any atom is -0.376 e. The van der Waals surface area contributed by atoms with E-state index >= 15 is 0 Å². The second kappa shape index (κ2) is 5.69. The summed E-state index contributed by atoms with van der Waals surface area (Å²) in [5, 5.41) is 3.32. The quantitative estimate of drug-likeness (QED) is 0.725. The molecule has 0 aromatic heterocycles. The Bertz CT molecular complexity index is 151. The third kappa shape index (κ3) is 3.23. The van der Waals surface area contributed by atoms with Gasteiger partial charge in [0.2, 0.25) is 0 Å². The van der Waals surface area contributed by atoms with Crippen LogP contribution in [0.1, 0.15) is 25.7 Å². The smallest absolute Gasteiger partial charge is 0.0712 e. The number of hydrogen-bond donors (Lipinski definition) is 1. The maximum absolute atomic E-state index is 5.80. The number of nitrogens with one attached hydrogen (secondary N) is 1. The van der Waals surface area contributed by atoms with Gasteiger partial charge in [0, 0.05) is 13.1 Å². The molecular formula is C11H22N2O. The minimum atomic E-state index is 0.486. The Morgan fingerprint density at radius 2 is 2.07 bits per heavy atom. The lowest BCUT2D eigenvalue weighted by Gasteiger charge is -2.26. The predicted molar refractivity (Wildman–Crippen MR) is 57.5 cm³/mol. The molecule has 2 fully saturated rings. The van der Waals surface area contributed by atoms with Gasteiger partial charge in [-0.05, 0) is 38.9 Å². The molecule has 2 aliphatic rings. The van der Waals surface area contributed by atoms with Crippen molar-refractivity contribution < 1.29 is 4.74 Å². The Labute approximate surface area is 86.8 Å². The van der Waals surface area contributed by atoms with E-state index in [2.05, 4.69) is 10.2 Å². The lowest BCUT2D eigenvalue weighted by Crippen LogP contribution is -2.33. The molecule has 1 atom stereocenters. The van der Waals surface area contributed by atoms with Crippen LogP contribution in [-0.4, -0.2) is 50.3 Å². The van der Waals surface area contributed by atoms with Crippen LogP contribution in [0, 0.1) is 0 Å². The summed E-state index contributed by atoms with van der Waals surface area (Å²) in [5.74, 6) is 0. The van der Waals surface area contributed by atoms with Crippen LogP contribution in [0.15, 0.2) is 0 Å². The van der Waals surface area contributed by atoms with E-state index in [4.69, 9.17) is 4.74 Å². The van der Waals surface area contributed by atoms with Crippen molar-refractivity contribution in [1.29, 1.82) is 0 Å². The van der Waals surface area contributed by atoms with Gasteiger partial charge < -0.3 is 15.0 Å². The molecule has 2 rings (SSSR count). The van der Waals surface area contributed by atoms with Crippen LogP contribution < -0.4 is 5.32 Å². The molecular weight excluding hydrogens is 176 g/mol. The monoisotopic (exact) mass is 198 g/mol. The fraction of sp³-hybridized carbons (Fsp3) is 1.00. The van der Waals surface area contributed by atoms with Gasteiger partial charge in [-0.15, -0.1) is 0 Å². The molecule has 1 unspecified atom stereocenters. The fourth-order valence-corrected chi connectivity index (χ4v) is 2.30. The van der Waals surface area contributed by atoms with Gasteiger partial charge in [-0.1, -0.05) is 6.42 Å². The van der Waals surface area contributed by atoms with Crippen LogP contribution in [0.25, 0.3) is 0 Å². The van der Waals surface area contributed by atoms with Gasteiger partial charge in [-0.2, -0.15) is 0 Å². The van der Waals surface area contributed by atoms with E-state index < -0.39 is 0 Å². The van der Waals surface area contributed by atoms with Gasteiger partial charge in [-0.3, -0.25) is 0 Å². The van der Waals surface area contributed by atoms with Crippen molar-refractivity contribution in [2.24, 2.45) is 0 Å². The maximum atomic E-state index is 5.80. The maximum Gasteiger partial charge on any atom is 0.0712 e. The number of hydrogen-bond acceptors (Lipinski definition) is 3. The zero-order chi connectivity index (χ0) is 9.64. The first-order chi connectivity index (χ1) is 6.95. The van der Waals surface area contributed by atoms with Crippen molar-refractivity contribution >= 4 is 0 Å². The SMILES string of the molecule is C1CCN(CCOC2CCNC2)CC1. The summed E-state index contributed by atoms with van der Waals surface area (Å²) in [6.07, 6.45) is 5.86. The van der Waals surface area contributed by atoms with E-state index in [9.17, 15) is 0 Å². The normalized spacial score (nSPS) is 29.6. The summed E-state index contributed by atoms with van der Waals surface area (Å²) in [7, 11) is 0. The molecule has 0 aromatic rings. The summed E-state index contributed by atoms with van der Waals surface area (Å²) in [6, 6.07) is 0. The number of nitrogens with zero attached hydrogens (tertiary/aromatic N) is 1. The van der Waals surface area contributed by atoms with Crippen LogP contribution in [0.5, 0.6) is 0 Å². The first-order valence-electron chi connectivity index (χ1n) is 6.00. The molecule has 0 amide bonds. The van der Waals surface area contributed by atoms with Gasteiger partial charge in [0.15, 0.2) is 0 Å². The van der Waals surface area contributed by atoms with E-state index in [1.54, 1.807) is 0 Å². The zero-order valence-electron chi connectivity index (χ0n) is 9.00. The van der Waals surface area contributed by atoms with Crippen molar-refractivity contribution in [3.05, 3.63) is 0 Å². The highest BCUT2D eigenvalue weighted by Gasteiger charge is 2.15. The molecule has 0 radical (unpaired) electrons. The average molecular weight is 198 g/mol. The van der Waals surface area contributed by atoms with E-state index in [1.165, 1.54) is 38.8 Å². The summed E-state index contributed by atoms with van der Waals surface area (Å²) in [5.41, 5.74) is 0. The molecule has 3 nitrogen and oxygen atoms in total. The number of piperidine rings is 1. The number of rotatable bonds is 4. The highest BCUT2D eigenvalue weighted by Crippen LogP contribution is 2.08. The third-order valence-electron chi connectivity index (χ3n) is 3.22. The molecule has 2 saturated heterocycles. The molecule has 2 heterocycles. The van der Waals surface area contributed by atoms with Gasteiger partial charge in [0.1, 0.15) is 0 Å². The molecule has 0 saturated carbocycles. The van der Waals surface area contributed by atoms with E-state index in [-0.39, 0.29) is 0 Å². The third-order valence-corrected chi connectivity index (χ3v) is 3.22. The van der Waals surface area contributed by atoms with Gasteiger partial charge in [0.05, 0.1) is 12.7 Å². The van der Waals surface area contributed by atoms with Crippen LogP contribution in [0.3, 0.4) is 0 Å². The highest BCUT2D eigenvalue weighted by atomic mass is 16.5. The largest absolute Gasteiger partial charge is 0.376 e. The van der Waals surface area contributed by atoms with Crippen LogP contribution in [0.4, 0.5) is 0 Å². The fourth-order valence-electron chi connectivity index (χ4n) is 2.30. The van der Waals surface area contributed by atoms with Crippen LogP contribution in [-0.2, 0) is 4.74 Å². The van der Waals surface area contributed by atoms with Crippen molar-refractivity contribution in [2.75, 3.05) is 39.3 Å². The topological polar surface area (TPSA) is 24.5 Å². The molecule has 0 spiro atoms. The van der Waals surface area contributed by atoms with E-state index in [0.29, 0.717) is 6.10 Å². The molecule has 14 heavy (non-hydrogen) atoms. The van der Waals surface area contributed by atoms with Gasteiger partial charge in [-0.25, -0.2) is 0 Å². The molecule has 3 heteroatoms. The summed E-state index contributed by atoms with van der Waals surface area (Å²) >= 11 is 0. The molecule has 2 aliphatic heterocycles. The lowest BCUT2D eigenvalue weighted by molar-refractivity contribution is 0.0458. The van der Waals surface area contributed by atoms with E-state index in [0.717, 1.165) is 26.2 Å². The summed E-state index contributed by atoms with van der Waals surface area (Å²) < 4.78 is 5.80. The molecule has 82 valence electrons. The Morgan fingerprint density at radius 3 is 2.79 bits per heavy atom. The lowest BCUT2D eigenvalue weighted by atomic mass is 10.1. The number of ether oxygens (including phenoxy) is 1.